The number of rotatable bonds is 4. The van der Waals surface area contributed by atoms with E-state index in [1.807, 2.05) is 0 Å². The van der Waals surface area contributed by atoms with E-state index in [4.69, 9.17) is 5.11 Å². The lowest BCUT2D eigenvalue weighted by Gasteiger charge is -2.35. The van der Waals surface area contributed by atoms with Gasteiger partial charge in [-0.25, -0.2) is 4.39 Å². The van der Waals surface area contributed by atoms with E-state index in [1.165, 1.54) is 12.1 Å². The number of nitrogens with one attached hydrogen (secondary N) is 1. The van der Waals surface area contributed by atoms with E-state index in [0.717, 1.165) is 19.3 Å². The fraction of sp³-hybridized carbons (Fsp3) is 0.412. The monoisotopic (exact) mass is 396 g/mol. The van der Waals surface area contributed by atoms with E-state index in [-0.39, 0.29) is 18.4 Å². The summed E-state index contributed by atoms with van der Waals surface area (Å²) in [7, 11) is 0. The van der Waals surface area contributed by atoms with Crippen molar-refractivity contribution in [3.63, 3.8) is 0 Å². The first-order valence-corrected chi connectivity index (χ1v) is 8.75. The number of aliphatic carboxylic acids is 1. The summed E-state index contributed by atoms with van der Waals surface area (Å²) < 4.78 is 14.6. The zero-order valence-corrected chi connectivity index (χ0v) is 14.6. The molecular weight excluding hydrogens is 379 g/mol. The number of aromatic amines is 1. The molecule has 1 aliphatic heterocycles. The third kappa shape index (κ3) is 3.45. The van der Waals surface area contributed by atoms with Crippen molar-refractivity contribution < 1.29 is 19.1 Å². The molecule has 2 N–H and O–H groups in total. The number of aromatic nitrogens is 1. The van der Waals surface area contributed by atoms with Gasteiger partial charge in [0.2, 0.25) is 0 Å². The normalized spacial score (nSPS) is 18.1. The number of H-pyrrole nitrogens is 1. The minimum Gasteiger partial charge on any atom is -0.481 e. The molecule has 0 saturated carbocycles. The van der Waals surface area contributed by atoms with Crippen molar-refractivity contribution in [2.45, 2.75) is 38.1 Å². The van der Waals surface area contributed by atoms with E-state index in [2.05, 4.69) is 20.9 Å². The maximum Gasteiger partial charge on any atom is 0.303 e. The van der Waals surface area contributed by atoms with Crippen LogP contribution in [-0.4, -0.2) is 39.5 Å². The van der Waals surface area contributed by atoms with Gasteiger partial charge in [-0.3, -0.25) is 9.59 Å². The van der Waals surface area contributed by atoms with Crippen LogP contribution in [0.25, 0.3) is 10.9 Å². The summed E-state index contributed by atoms with van der Waals surface area (Å²) in [4.78, 5) is 28.4. The zero-order chi connectivity index (χ0) is 17.3. The number of halogens is 2. The quantitative estimate of drug-likeness (QED) is 0.821. The smallest absolute Gasteiger partial charge is 0.303 e. The van der Waals surface area contributed by atoms with Gasteiger partial charge >= 0.3 is 5.97 Å². The van der Waals surface area contributed by atoms with Crippen molar-refractivity contribution in [2.75, 3.05) is 6.54 Å². The van der Waals surface area contributed by atoms with E-state index in [9.17, 15) is 14.0 Å². The summed E-state index contributed by atoms with van der Waals surface area (Å²) in [5, 5.41) is 9.26. The topological polar surface area (TPSA) is 73.4 Å². The minimum atomic E-state index is -0.856. The molecule has 0 spiro atoms. The van der Waals surface area contributed by atoms with E-state index >= 15 is 0 Å². The number of benzene rings is 1. The van der Waals surface area contributed by atoms with E-state index in [0.29, 0.717) is 34.0 Å². The largest absolute Gasteiger partial charge is 0.481 e. The SMILES string of the molecule is O=C(O)CCC1CCCCN1C(=O)c1cc2c(F)cc(Br)cc2[nH]1. The highest BCUT2D eigenvalue weighted by molar-refractivity contribution is 9.10. The van der Waals surface area contributed by atoms with Crippen molar-refractivity contribution in [3.8, 4) is 0 Å². The molecule has 1 saturated heterocycles. The standard InChI is InChI=1S/C17H18BrFN2O3/c18-10-7-13(19)12-9-15(20-14(12)8-10)17(24)21-6-2-1-3-11(21)4-5-16(22)23/h7-9,11,20H,1-6H2,(H,22,23). The van der Waals surface area contributed by atoms with Crippen LogP contribution in [0.2, 0.25) is 0 Å². The first kappa shape index (κ1) is 17.0. The summed E-state index contributed by atoms with van der Waals surface area (Å²) in [5.74, 6) is -1.45. The lowest BCUT2D eigenvalue weighted by molar-refractivity contribution is -0.137. The molecule has 1 unspecified atom stereocenters. The van der Waals surface area contributed by atoms with Crippen LogP contribution in [0.4, 0.5) is 4.39 Å². The molecule has 1 aromatic heterocycles. The number of carbonyl (C=O) groups is 2. The Bertz CT molecular complexity index is 789. The van der Waals surface area contributed by atoms with Gasteiger partial charge in [0.1, 0.15) is 11.5 Å². The third-order valence-electron chi connectivity index (χ3n) is 4.46. The van der Waals surface area contributed by atoms with Crippen LogP contribution in [0.15, 0.2) is 22.7 Å². The number of amides is 1. The summed E-state index contributed by atoms with van der Waals surface area (Å²) in [6.45, 7) is 0.602. The molecule has 1 aromatic carbocycles. The number of hydrogen-bond acceptors (Lipinski definition) is 2. The van der Waals surface area contributed by atoms with Gasteiger partial charge in [-0.1, -0.05) is 15.9 Å². The van der Waals surface area contributed by atoms with Crippen LogP contribution in [0.3, 0.4) is 0 Å². The van der Waals surface area contributed by atoms with Crippen LogP contribution in [0.1, 0.15) is 42.6 Å². The second-order valence-electron chi connectivity index (χ2n) is 6.11. The maximum atomic E-state index is 14.0. The molecule has 0 bridgehead atoms. The van der Waals surface area contributed by atoms with Gasteiger partial charge in [0, 0.05) is 28.9 Å². The molecule has 2 heterocycles. The second kappa shape index (κ2) is 6.93. The molecule has 1 aliphatic rings. The van der Waals surface area contributed by atoms with E-state index < -0.39 is 11.8 Å². The molecule has 3 rings (SSSR count). The second-order valence-corrected chi connectivity index (χ2v) is 7.03. The Morgan fingerprint density at radius 2 is 2.12 bits per heavy atom. The summed E-state index contributed by atoms with van der Waals surface area (Å²) >= 11 is 3.24. The maximum absolute atomic E-state index is 14.0. The average Bonchev–Trinajstić information content (AvgIpc) is 2.96. The van der Waals surface area contributed by atoms with Gasteiger partial charge in [-0.2, -0.15) is 0 Å². The zero-order valence-electron chi connectivity index (χ0n) is 13.0. The molecule has 1 fully saturated rings. The Morgan fingerprint density at radius 3 is 2.88 bits per heavy atom. The number of carboxylic acids is 1. The molecule has 7 heteroatoms. The number of hydrogen-bond donors (Lipinski definition) is 2. The molecule has 24 heavy (non-hydrogen) atoms. The fourth-order valence-electron chi connectivity index (χ4n) is 3.29. The number of fused-ring (bicyclic) bond motifs is 1. The van der Waals surface area contributed by atoms with Crippen LogP contribution < -0.4 is 0 Å². The van der Waals surface area contributed by atoms with Gasteiger partial charge in [-0.05, 0) is 43.9 Å². The Kier molecular flexibility index (Phi) is 4.89. The molecule has 1 amide bonds. The Hall–Kier alpha value is -1.89. The lowest BCUT2D eigenvalue weighted by atomic mass is 9.97. The molecule has 0 radical (unpaired) electrons. The lowest BCUT2D eigenvalue weighted by Crippen LogP contribution is -2.44. The average molecular weight is 397 g/mol. The van der Waals surface area contributed by atoms with Gasteiger partial charge in [0.05, 0.1) is 5.52 Å². The number of carboxylic acid groups (broad SMARTS) is 1. The van der Waals surface area contributed by atoms with Crippen molar-refractivity contribution in [3.05, 3.63) is 34.2 Å². The molecule has 5 nitrogen and oxygen atoms in total. The summed E-state index contributed by atoms with van der Waals surface area (Å²) in [6.07, 6.45) is 3.18. The molecule has 2 aromatic rings. The highest BCUT2D eigenvalue weighted by Gasteiger charge is 2.28. The van der Waals surface area contributed by atoms with Crippen molar-refractivity contribution in [1.82, 2.24) is 9.88 Å². The highest BCUT2D eigenvalue weighted by Crippen LogP contribution is 2.27. The summed E-state index contributed by atoms with van der Waals surface area (Å²) in [6, 6.07) is 4.54. The fourth-order valence-corrected chi connectivity index (χ4v) is 3.72. The van der Waals surface area contributed by atoms with Crippen molar-refractivity contribution in [1.29, 1.82) is 0 Å². The van der Waals surface area contributed by atoms with Crippen LogP contribution in [0, 0.1) is 5.82 Å². The van der Waals surface area contributed by atoms with Crippen molar-refractivity contribution in [2.24, 2.45) is 0 Å². The number of carbonyl (C=O) groups excluding carboxylic acids is 1. The predicted molar refractivity (Wildman–Crippen MR) is 91.5 cm³/mol. The Balaban J connectivity index is 1.86. The Morgan fingerprint density at radius 1 is 1.33 bits per heavy atom. The number of nitrogens with zero attached hydrogens (tertiary/aromatic N) is 1. The van der Waals surface area contributed by atoms with Gasteiger partial charge < -0.3 is 15.0 Å². The Labute approximate surface area is 147 Å². The molecular formula is C17H18BrFN2O3. The van der Waals surface area contributed by atoms with Crippen LogP contribution >= 0.6 is 15.9 Å². The van der Waals surface area contributed by atoms with E-state index in [1.54, 1.807) is 11.0 Å². The minimum absolute atomic E-state index is 0.0444. The number of likely N-dealkylation sites (tertiary alicyclic amines) is 1. The van der Waals surface area contributed by atoms with Crippen molar-refractivity contribution >= 4 is 38.7 Å². The van der Waals surface area contributed by atoms with Gasteiger partial charge in [-0.15, -0.1) is 0 Å². The highest BCUT2D eigenvalue weighted by atomic mass is 79.9. The van der Waals surface area contributed by atoms with Crippen LogP contribution in [0.5, 0.6) is 0 Å². The van der Waals surface area contributed by atoms with Gasteiger partial charge in [0.15, 0.2) is 0 Å². The summed E-state index contributed by atoms with van der Waals surface area (Å²) in [5.41, 5.74) is 0.897. The van der Waals surface area contributed by atoms with Gasteiger partial charge in [0.25, 0.3) is 5.91 Å². The molecule has 0 aliphatic carbocycles. The first-order valence-electron chi connectivity index (χ1n) is 7.96. The predicted octanol–water partition coefficient (Wildman–Crippen LogP) is 3.93. The third-order valence-corrected chi connectivity index (χ3v) is 4.92. The number of piperidine rings is 1. The molecule has 128 valence electrons. The first-order chi connectivity index (χ1) is 11.5. The molecule has 1 atom stereocenters. The van der Waals surface area contributed by atoms with Crippen LogP contribution in [-0.2, 0) is 4.79 Å².